The Hall–Kier alpha value is -1.81. The second kappa shape index (κ2) is 5.76. The van der Waals surface area contributed by atoms with Gasteiger partial charge in [0.15, 0.2) is 0 Å². The summed E-state index contributed by atoms with van der Waals surface area (Å²) in [4.78, 5) is 2.51. The first kappa shape index (κ1) is 15.1. The number of aromatic nitrogens is 2. The van der Waals surface area contributed by atoms with Gasteiger partial charge in [-0.25, -0.2) is 4.68 Å². The van der Waals surface area contributed by atoms with Crippen molar-refractivity contribution in [3.05, 3.63) is 41.6 Å². The molecule has 1 aliphatic heterocycles. The molecule has 3 rings (SSSR count). The number of nitrogens with zero attached hydrogens (tertiary/aromatic N) is 3. The summed E-state index contributed by atoms with van der Waals surface area (Å²) in [5.41, 5.74) is 9.54. The zero-order chi connectivity index (χ0) is 15.7. The van der Waals surface area contributed by atoms with Gasteiger partial charge in [0.05, 0.1) is 11.4 Å². The van der Waals surface area contributed by atoms with Crippen LogP contribution in [0.25, 0.3) is 5.69 Å². The first-order valence-electron chi connectivity index (χ1n) is 8.11. The summed E-state index contributed by atoms with van der Waals surface area (Å²) >= 11 is 0. The summed E-state index contributed by atoms with van der Waals surface area (Å²) < 4.78 is 1.83. The van der Waals surface area contributed by atoms with Gasteiger partial charge in [-0.2, -0.15) is 5.10 Å². The largest absolute Gasteiger partial charge is 0.384 e. The number of hydrogen-bond donors (Lipinski definition) is 1. The summed E-state index contributed by atoms with van der Waals surface area (Å²) in [7, 11) is 0. The molecule has 0 unspecified atom stereocenters. The molecule has 1 aliphatic rings. The third kappa shape index (κ3) is 3.17. The molecule has 4 heteroatoms. The third-order valence-corrected chi connectivity index (χ3v) is 4.29. The lowest BCUT2D eigenvalue weighted by atomic mass is 9.92. The molecule has 0 saturated carbocycles. The highest BCUT2D eigenvalue weighted by molar-refractivity contribution is 5.44. The second-order valence-corrected chi connectivity index (χ2v) is 7.27. The van der Waals surface area contributed by atoms with E-state index in [0.717, 1.165) is 17.9 Å². The number of rotatable bonds is 3. The molecule has 1 fully saturated rings. The van der Waals surface area contributed by atoms with Crippen molar-refractivity contribution in [3.63, 3.8) is 0 Å². The Morgan fingerprint density at radius 3 is 2.27 bits per heavy atom. The quantitative estimate of drug-likeness (QED) is 0.945. The highest BCUT2D eigenvalue weighted by Crippen LogP contribution is 2.25. The molecule has 0 spiro atoms. The first-order chi connectivity index (χ1) is 10.4. The number of benzene rings is 1. The molecule has 1 aromatic heterocycles. The number of anilines is 1. The molecule has 0 radical (unpaired) electrons. The van der Waals surface area contributed by atoms with Crippen molar-refractivity contribution >= 4 is 5.82 Å². The van der Waals surface area contributed by atoms with E-state index in [9.17, 15) is 0 Å². The fourth-order valence-electron chi connectivity index (χ4n) is 2.91. The van der Waals surface area contributed by atoms with Crippen LogP contribution in [0.2, 0.25) is 0 Å². The standard InChI is InChI=1S/C18H26N4/c1-18(2,3)16-12-17(19)22(20-16)15-8-6-14(7-9-15)13-21-10-4-5-11-21/h6-9,12H,4-5,10-11,13,19H2,1-3H3. The maximum atomic E-state index is 6.13. The van der Waals surface area contributed by atoms with E-state index in [4.69, 9.17) is 5.73 Å². The molecule has 0 aliphatic carbocycles. The third-order valence-electron chi connectivity index (χ3n) is 4.29. The lowest BCUT2D eigenvalue weighted by Gasteiger charge is -2.15. The number of nitrogen functional groups attached to an aromatic ring is 1. The highest BCUT2D eigenvalue weighted by Gasteiger charge is 2.19. The normalized spacial score (nSPS) is 16.3. The average molecular weight is 298 g/mol. The summed E-state index contributed by atoms with van der Waals surface area (Å²) in [6.45, 7) is 9.95. The molecule has 2 heterocycles. The molecule has 22 heavy (non-hydrogen) atoms. The van der Waals surface area contributed by atoms with Crippen LogP contribution < -0.4 is 5.73 Å². The van der Waals surface area contributed by atoms with Gasteiger partial charge in [-0.1, -0.05) is 32.9 Å². The van der Waals surface area contributed by atoms with Crippen molar-refractivity contribution in [3.8, 4) is 5.69 Å². The minimum atomic E-state index is 0.00899. The Labute approximate surface area is 132 Å². The topological polar surface area (TPSA) is 47.1 Å². The molecule has 1 saturated heterocycles. The van der Waals surface area contributed by atoms with Crippen LogP contribution in [-0.4, -0.2) is 27.8 Å². The van der Waals surface area contributed by atoms with Crippen molar-refractivity contribution in [2.75, 3.05) is 18.8 Å². The fourth-order valence-corrected chi connectivity index (χ4v) is 2.91. The van der Waals surface area contributed by atoms with E-state index in [1.807, 2.05) is 10.7 Å². The Bertz CT molecular complexity index is 628. The van der Waals surface area contributed by atoms with Crippen LogP contribution in [0.3, 0.4) is 0 Å². The van der Waals surface area contributed by atoms with E-state index in [-0.39, 0.29) is 5.41 Å². The fraction of sp³-hybridized carbons (Fsp3) is 0.500. The molecular weight excluding hydrogens is 272 g/mol. The van der Waals surface area contributed by atoms with Crippen molar-refractivity contribution in [1.82, 2.24) is 14.7 Å². The molecule has 2 aromatic rings. The number of likely N-dealkylation sites (tertiary alicyclic amines) is 1. The van der Waals surface area contributed by atoms with Crippen molar-refractivity contribution < 1.29 is 0 Å². The molecule has 0 amide bonds. The van der Waals surface area contributed by atoms with Crippen LogP contribution in [0.4, 0.5) is 5.82 Å². The zero-order valence-corrected chi connectivity index (χ0v) is 13.8. The van der Waals surface area contributed by atoms with E-state index in [2.05, 4.69) is 55.0 Å². The van der Waals surface area contributed by atoms with Gasteiger partial charge in [-0.05, 0) is 43.6 Å². The van der Waals surface area contributed by atoms with E-state index in [1.54, 1.807) is 0 Å². The highest BCUT2D eigenvalue weighted by atomic mass is 15.3. The first-order valence-corrected chi connectivity index (χ1v) is 8.11. The van der Waals surface area contributed by atoms with Crippen LogP contribution in [-0.2, 0) is 12.0 Å². The van der Waals surface area contributed by atoms with Crippen LogP contribution in [0.1, 0.15) is 44.9 Å². The second-order valence-electron chi connectivity index (χ2n) is 7.27. The van der Waals surface area contributed by atoms with E-state index < -0.39 is 0 Å². The van der Waals surface area contributed by atoms with Gasteiger partial charge in [-0.3, -0.25) is 4.90 Å². The minimum Gasteiger partial charge on any atom is -0.384 e. The summed E-state index contributed by atoms with van der Waals surface area (Å²) in [5, 5.41) is 4.67. The van der Waals surface area contributed by atoms with Crippen LogP contribution in [0, 0.1) is 0 Å². The molecule has 4 nitrogen and oxygen atoms in total. The monoisotopic (exact) mass is 298 g/mol. The molecular formula is C18H26N4. The predicted molar refractivity (Wildman–Crippen MR) is 91.2 cm³/mol. The summed E-state index contributed by atoms with van der Waals surface area (Å²) in [5.74, 6) is 0.692. The molecule has 118 valence electrons. The van der Waals surface area contributed by atoms with Crippen molar-refractivity contribution in [2.45, 2.75) is 45.6 Å². The summed E-state index contributed by atoms with van der Waals surface area (Å²) in [6.07, 6.45) is 2.66. The van der Waals surface area contributed by atoms with Gasteiger partial charge in [0.1, 0.15) is 5.82 Å². The summed E-state index contributed by atoms with van der Waals surface area (Å²) in [6, 6.07) is 10.6. The van der Waals surface area contributed by atoms with Gasteiger partial charge in [0, 0.05) is 18.0 Å². The lowest BCUT2D eigenvalue weighted by molar-refractivity contribution is 0.331. The Morgan fingerprint density at radius 1 is 1.09 bits per heavy atom. The Balaban J connectivity index is 1.79. The van der Waals surface area contributed by atoms with Gasteiger partial charge >= 0.3 is 0 Å². The Kier molecular flexibility index (Phi) is 3.96. The zero-order valence-electron chi connectivity index (χ0n) is 13.8. The van der Waals surface area contributed by atoms with Gasteiger partial charge in [0.25, 0.3) is 0 Å². The van der Waals surface area contributed by atoms with E-state index in [0.29, 0.717) is 5.82 Å². The smallest absolute Gasteiger partial charge is 0.127 e. The van der Waals surface area contributed by atoms with E-state index in [1.165, 1.54) is 31.5 Å². The van der Waals surface area contributed by atoms with Crippen LogP contribution in [0.5, 0.6) is 0 Å². The van der Waals surface area contributed by atoms with Gasteiger partial charge in [0.2, 0.25) is 0 Å². The molecule has 0 bridgehead atoms. The molecule has 0 atom stereocenters. The minimum absolute atomic E-state index is 0.00899. The van der Waals surface area contributed by atoms with E-state index >= 15 is 0 Å². The van der Waals surface area contributed by atoms with Crippen LogP contribution >= 0.6 is 0 Å². The Morgan fingerprint density at radius 2 is 1.73 bits per heavy atom. The van der Waals surface area contributed by atoms with Gasteiger partial charge in [-0.15, -0.1) is 0 Å². The van der Waals surface area contributed by atoms with Crippen molar-refractivity contribution in [2.24, 2.45) is 0 Å². The van der Waals surface area contributed by atoms with Crippen molar-refractivity contribution in [1.29, 1.82) is 0 Å². The molecule has 1 aromatic carbocycles. The number of nitrogens with two attached hydrogens (primary N) is 1. The van der Waals surface area contributed by atoms with Crippen LogP contribution in [0.15, 0.2) is 30.3 Å². The average Bonchev–Trinajstić information content (AvgIpc) is 3.09. The maximum absolute atomic E-state index is 6.13. The lowest BCUT2D eigenvalue weighted by Crippen LogP contribution is -2.18. The molecule has 2 N–H and O–H groups in total. The van der Waals surface area contributed by atoms with Gasteiger partial charge < -0.3 is 5.73 Å². The maximum Gasteiger partial charge on any atom is 0.127 e. The SMILES string of the molecule is CC(C)(C)c1cc(N)n(-c2ccc(CN3CCCC3)cc2)n1. The predicted octanol–water partition coefficient (Wildman–Crippen LogP) is 3.35. The number of hydrogen-bond acceptors (Lipinski definition) is 3.